The number of rotatable bonds is 4. The number of nitrogens with zero attached hydrogens (tertiary/aromatic N) is 3. The van der Waals surface area contributed by atoms with Crippen LogP contribution in [-0.4, -0.2) is 14.8 Å². The summed E-state index contributed by atoms with van der Waals surface area (Å²) in [5.74, 6) is 1.56. The summed E-state index contributed by atoms with van der Waals surface area (Å²) in [6, 6.07) is 16.2. The first-order valence-electron chi connectivity index (χ1n) is 7.12. The number of aromatic nitrogens is 3. The lowest BCUT2D eigenvalue weighted by molar-refractivity contribution is 0.843. The van der Waals surface area contributed by atoms with Crippen molar-refractivity contribution < 1.29 is 0 Å². The molecule has 0 aliphatic carbocycles. The Bertz CT molecular complexity index is 781. The van der Waals surface area contributed by atoms with Crippen LogP contribution in [0.1, 0.15) is 22.8 Å². The van der Waals surface area contributed by atoms with Gasteiger partial charge in [-0.05, 0) is 42.7 Å². The molecule has 1 aromatic heterocycles. The zero-order valence-corrected chi connectivity index (χ0v) is 13.1. The average Bonchev–Trinajstić information content (AvgIpc) is 2.89. The molecular weight excluding hydrogens is 296 g/mol. The van der Waals surface area contributed by atoms with Crippen LogP contribution in [0.4, 0.5) is 0 Å². The van der Waals surface area contributed by atoms with Crippen LogP contribution in [0.25, 0.3) is 5.69 Å². The number of halogens is 1. The highest BCUT2D eigenvalue weighted by atomic mass is 35.5. The van der Waals surface area contributed by atoms with Gasteiger partial charge in [0.15, 0.2) is 5.82 Å². The van der Waals surface area contributed by atoms with Gasteiger partial charge in [0, 0.05) is 5.02 Å². The van der Waals surface area contributed by atoms with Gasteiger partial charge in [-0.25, -0.2) is 0 Å². The van der Waals surface area contributed by atoms with Crippen LogP contribution in [0, 0.1) is 6.92 Å². The third-order valence-electron chi connectivity index (χ3n) is 3.59. The Morgan fingerprint density at radius 2 is 1.86 bits per heavy atom. The number of aryl methyl sites for hydroxylation is 1. The highest BCUT2D eigenvalue weighted by molar-refractivity contribution is 6.30. The largest absolute Gasteiger partial charge is 0.324 e. The monoisotopic (exact) mass is 312 g/mol. The molecule has 1 heterocycles. The van der Waals surface area contributed by atoms with Crippen LogP contribution in [0.3, 0.4) is 0 Å². The van der Waals surface area contributed by atoms with Gasteiger partial charge in [0.1, 0.15) is 5.82 Å². The van der Waals surface area contributed by atoms with Crippen molar-refractivity contribution >= 4 is 11.6 Å². The van der Waals surface area contributed by atoms with Crippen LogP contribution in [0.15, 0.2) is 48.5 Å². The van der Waals surface area contributed by atoms with Crippen LogP contribution < -0.4 is 5.73 Å². The van der Waals surface area contributed by atoms with E-state index in [9.17, 15) is 0 Å². The first kappa shape index (κ1) is 14.8. The Kier molecular flexibility index (Phi) is 4.22. The van der Waals surface area contributed by atoms with Gasteiger partial charge < -0.3 is 5.73 Å². The second kappa shape index (κ2) is 6.30. The maximum absolute atomic E-state index is 6.19. The topological polar surface area (TPSA) is 56.7 Å². The zero-order valence-electron chi connectivity index (χ0n) is 12.3. The van der Waals surface area contributed by atoms with E-state index < -0.39 is 0 Å². The molecule has 0 spiro atoms. The van der Waals surface area contributed by atoms with E-state index >= 15 is 0 Å². The van der Waals surface area contributed by atoms with Crippen LogP contribution >= 0.6 is 11.6 Å². The van der Waals surface area contributed by atoms with Crippen molar-refractivity contribution in [1.82, 2.24) is 14.8 Å². The second-order valence-electron chi connectivity index (χ2n) is 5.14. The van der Waals surface area contributed by atoms with Crippen LogP contribution in [-0.2, 0) is 13.0 Å². The number of hydrogen-bond acceptors (Lipinski definition) is 3. The summed E-state index contributed by atoms with van der Waals surface area (Å²) in [5.41, 5.74) is 9.16. The van der Waals surface area contributed by atoms with Gasteiger partial charge in [-0.2, -0.15) is 0 Å². The summed E-state index contributed by atoms with van der Waals surface area (Å²) < 4.78 is 1.99. The Morgan fingerprint density at radius 1 is 1.09 bits per heavy atom. The molecule has 112 valence electrons. The van der Waals surface area contributed by atoms with Crippen molar-refractivity contribution in [3.05, 3.63) is 76.3 Å². The summed E-state index contributed by atoms with van der Waals surface area (Å²) in [4.78, 5) is 0. The molecule has 3 rings (SSSR count). The molecule has 0 radical (unpaired) electrons. The van der Waals surface area contributed by atoms with Crippen molar-refractivity contribution in [2.75, 3.05) is 0 Å². The van der Waals surface area contributed by atoms with Crippen molar-refractivity contribution in [3.63, 3.8) is 0 Å². The first-order chi connectivity index (χ1) is 10.7. The third-order valence-corrected chi connectivity index (χ3v) is 3.83. The minimum atomic E-state index is 0.342. The molecule has 0 atom stereocenters. The summed E-state index contributed by atoms with van der Waals surface area (Å²) >= 11 is 6.19. The summed E-state index contributed by atoms with van der Waals surface area (Å²) in [7, 11) is 0. The van der Waals surface area contributed by atoms with Crippen molar-refractivity contribution in [1.29, 1.82) is 0 Å². The molecule has 0 bridgehead atoms. The Hall–Kier alpha value is -2.17. The van der Waals surface area contributed by atoms with Gasteiger partial charge in [-0.15, -0.1) is 10.2 Å². The van der Waals surface area contributed by atoms with E-state index in [4.69, 9.17) is 17.3 Å². The normalized spacial score (nSPS) is 10.9. The lowest BCUT2D eigenvalue weighted by Crippen LogP contribution is -2.10. The molecule has 2 N–H and O–H groups in total. The van der Waals surface area contributed by atoms with E-state index in [0.29, 0.717) is 6.54 Å². The fraction of sp³-hybridized carbons (Fsp3) is 0.176. The van der Waals surface area contributed by atoms with Crippen molar-refractivity contribution in [3.8, 4) is 5.69 Å². The molecule has 4 nitrogen and oxygen atoms in total. The summed E-state index contributed by atoms with van der Waals surface area (Å²) in [5, 5.41) is 8.99. The van der Waals surface area contributed by atoms with E-state index in [-0.39, 0.29) is 0 Å². The molecule has 22 heavy (non-hydrogen) atoms. The minimum absolute atomic E-state index is 0.342. The molecule has 2 aromatic carbocycles. The van der Waals surface area contributed by atoms with Gasteiger partial charge in [-0.3, -0.25) is 4.57 Å². The Balaban J connectivity index is 2.10. The highest BCUT2D eigenvalue weighted by Gasteiger charge is 2.13. The second-order valence-corrected chi connectivity index (χ2v) is 5.57. The number of hydrogen-bond donors (Lipinski definition) is 1. The van der Waals surface area contributed by atoms with Gasteiger partial charge in [0.05, 0.1) is 12.2 Å². The van der Waals surface area contributed by atoms with Gasteiger partial charge >= 0.3 is 0 Å². The summed E-state index contributed by atoms with van der Waals surface area (Å²) in [6.45, 7) is 2.27. The molecule has 0 aliphatic rings. The number of nitrogens with two attached hydrogens (primary N) is 1. The van der Waals surface area contributed by atoms with Crippen molar-refractivity contribution in [2.45, 2.75) is 19.9 Å². The third kappa shape index (κ3) is 2.89. The van der Waals surface area contributed by atoms with E-state index in [1.165, 1.54) is 5.56 Å². The fourth-order valence-corrected chi connectivity index (χ4v) is 2.78. The average molecular weight is 313 g/mol. The quantitative estimate of drug-likeness (QED) is 0.804. The van der Waals surface area contributed by atoms with Crippen molar-refractivity contribution in [2.24, 2.45) is 5.73 Å². The van der Waals surface area contributed by atoms with E-state index in [2.05, 4.69) is 22.3 Å². The standard InChI is InChI=1S/C17H17ClN4/c1-12-20-21-17(11-19)22(12)16-8-7-15(18)10-14(16)9-13-5-3-2-4-6-13/h2-8,10H,9,11,19H2,1H3. The van der Waals surface area contributed by atoms with E-state index in [1.54, 1.807) is 0 Å². The summed E-state index contributed by atoms with van der Waals surface area (Å²) in [6.07, 6.45) is 0.790. The number of benzene rings is 2. The Morgan fingerprint density at radius 3 is 2.59 bits per heavy atom. The minimum Gasteiger partial charge on any atom is -0.324 e. The molecule has 0 saturated heterocycles. The highest BCUT2D eigenvalue weighted by Crippen LogP contribution is 2.24. The first-order valence-corrected chi connectivity index (χ1v) is 7.50. The SMILES string of the molecule is Cc1nnc(CN)n1-c1ccc(Cl)cc1Cc1ccccc1. The van der Waals surface area contributed by atoms with Gasteiger partial charge in [-0.1, -0.05) is 41.9 Å². The molecule has 0 aliphatic heterocycles. The maximum Gasteiger partial charge on any atom is 0.151 e. The zero-order chi connectivity index (χ0) is 15.5. The smallest absolute Gasteiger partial charge is 0.151 e. The predicted octanol–water partition coefficient (Wildman–Crippen LogP) is 3.28. The van der Waals surface area contributed by atoms with Crippen LogP contribution in [0.5, 0.6) is 0 Å². The molecule has 5 heteroatoms. The molecule has 0 unspecified atom stereocenters. The molecule has 0 fully saturated rings. The van der Waals surface area contributed by atoms with E-state index in [0.717, 1.165) is 34.3 Å². The lowest BCUT2D eigenvalue weighted by atomic mass is 10.0. The predicted molar refractivity (Wildman–Crippen MR) is 88.2 cm³/mol. The van der Waals surface area contributed by atoms with Gasteiger partial charge in [0.2, 0.25) is 0 Å². The lowest BCUT2D eigenvalue weighted by Gasteiger charge is -2.14. The molecular formula is C17H17ClN4. The van der Waals surface area contributed by atoms with Gasteiger partial charge in [0.25, 0.3) is 0 Å². The molecule has 0 saturated carbocycles. The maximum atomic E-state index is 6.19. The molecule has 0 amide bonds. The van der Waals surface area contributed by atoms with E-state index in [1.807, 2.05) is 47.9 Å². The van der Waals surface area contributed by atoms with Crippen LogP contribution in [0.2, 0.25) is 5.02 Å². The molecule has 3 aromatic rings. The Labute approximate surface area is 134 Å². The fourth-order valence-electron chi connectivity index (χ4n) is 2.58.